The van der Waals surface area contributed by atoms with Gasteiger partial charge in [-0.05, 0) is 38.8 Å². The largest absolute Gasteiger partial charge is 0.466 e. The average Bonchev–Trinajstić information content (AvgIpc) is 3.09. The fraction of sp³-hybridized carbons (Fsp3) is 0.952. The highest BCUT2D eigenvalue weighted by atomic mass is 16.5. The first-order chi connectivity index (χ1) is 23.7. The third-order valence-electron chi connectivity index (χ3n) is 9.49. The van der Waals surface area contributed by atoms with E-state index in [0.29, 0.717) is 39.1 Å². The van der Waals surface area contributed by atoms with Gasteiger partial charge in [0, 0.05) is 13.1 Å². The molecule has 0 bridgehead atoms. The van der Waals surface area contributed by atoms with Crippen LogP contribution in [0.3, 0.4) is 0 Å². The molecular formula is C42H84N2O4. The summed E-state index contributed by atoms with van der Waals surface area (Å²) in [6, 6.07) is 0. The predicted octanol–water partition coefficient (Wildman–Crippen LogP) is 11.8. The molecule has 6 nitrogen and oxygen atoms in total. The Hall–Kier alpha value is -1.14. The maximum atomic E-state index is 11.9. The van der Waals surface area contributed by atoms with Crippen LogP contribution in [0, 0.1) is 0 Å². The zero-order valence-corrected chi connectivity index (χ0v) is 32.5. The van der Waals surface area contributed by atoms with Crippen molar-refractivity contribution >= 4 is 11.9 Å². The molecule has 0 aromatic heterocycles. The summed E-state index contributed by atoms with van der Waals surface area (Å²) >= 11 is 0. The Bertz CT molecular complexity index is 591. The van der Waals surface area contributed by atoms with Crippen molar-refractivity contribution in [2.45, 2.75) is 219 Å². The van der Waals surface area contributed by atoms with Crippen LogP contribution in [-0.2, 0) is 19.1 Å². The molecule has 0 spiro atoms. The van der Waals surface area contributed by atoms with Crippen LogP contribution in [0.5, 0.6) is 0 Å². The second-order valence-corrected chi connectivity index (χ2v) is 14.3. The summed E-state index contributed by atoms with van der Waals surface area (Å²) < 4.78 is 10.8. The van der Waals surface area contributed by atoms with Crippen LogP contribution in [-0.4, -0.2) is 51.3 Å². The molecule has 0 radical (unpaired) electrons. The number of hydrogen-bond donors (Lipinski definition) is 2. The summed E-state index contributed by atoms with van der Waals surface area (Å²) in [6.45, 7) is 8.84. The molecule has 286 valence electrons. The highest BCUT2D eigenvalue weighted by Crippen LogP contribution is 2.14. The molecule has 0 aliphatic carbocycles. The number of nitrogens with one attached hydrogen (secondary N) is 2. The van der Waals surface area contributed by atoms with E-state index in [2.05, 4.69) is 24.5 Å². The van der Waals surface area contributed by atoms with Crippen LogP contribution in [0.2, 0.25) is 0 Å². The number of rotatable bonds is 41. The van der Waals surface area contributed by atoms with Crippen molar-refractivity contribution in [1.82, 2.24) is 10.6 Å². The van der Waals surface area contributed by atoms with Crippen LogP contribution in [0.15, 0.2) is 0 Å². The number of carbonyl (C=O) groups excluding carboxylic acids is 2. The lowest BCUT2D eigenvalue weighted by Gasteiger charge is -2.08. The van der Waals surface area contributed by atoms with Gasteiger partial charge in [0.1, 0.15) is 0 Å². The lowest BCUT2D eigenvalue weighted by molar-refractivity contribution is -0.144. The minimum absolute atomic E-state index is 0.0879. The van der Waals surface area contributed by atoms with Crippen molar-refractivity contribution in [3.63, 3.8) is 0 Å². The SMILES string of the molecule is CCCCCCCCCCCCCCCCOC(=O)CCNCCCCNCCC(=O)OCCCCCCCCCCCCCCCC. The van der Waals surface area contributed by atoms with Gasteiger partial charge in [-0.3, -0.25) is 9.59 Å². The molecule has 0 heterocycles. The summed E-state index contributed by atoms with van der Waals surface area (Å²) in [4.78, 5) is 23.9. The molecule has 0 aliphatic rings. The molecule has 48 heavy (non-hydrogen) atoms. The molecule has 2 N–H and O–H groups in total. The first-order valence-corrected chi connectivity index (χ1v) is 21.4. The molecule has 0 fully saturated rings. The smallest absolute Gasteiger partial charge is 0.307 e. The van der Waals surface area contributed by atoms with Crippen LogP contribution in [0.25, 0.3) is 0 Å². The highest BCUT2D eigenvalue weighted by molar-refractivity contribution is 5.69. The van der Waals surface area contributed by atoms with Crippen LogP contribution in [0.4, 0.5) is 0 Å². The molecule has 0 amide bonds. The Morgan fingerprint density at radius 3 is 0.854 bits per heavy atom. The second kappa shape index (κ2) is 42.0. The van der Waals surface area contributed by atoms with E-state index in [-0.39, 0.29) is 11.9 Å². The predicted molar refractivity (Wildman–Crippen MR) is 207 cm³/mol. The lowest BCUT2D eigenvalue weighted by atomic mass is 10.0. The van der Waals surface area contributed by atoms with Crippen LogP contribution < -0.4 is 10.6 Å². The molecule has 0 aromatic rings. The topological polar surface area (TPSA) is 76.7 Å². The number of carbonyl (C=O) groups is 2. The van der Waals surface area contributed by atoms with E-state index in [1.54, 1.807) is 0 Å². The molecule has 0 aliphatic heterocycles. The van der Waals surface area contributed by atoms with E-state index in [0.717, 1.165) is 51.6 Å². The van der Waals surface area contributed by atoms with Gasteiger partial charge in [0.25, 0.3) is 0 Å². The van der Waals surface area contributed by atoms with Crippen molar-refractivity contribution in [2.24, 2.45) is 0 Å². The third kappa shape index (κ3) is 41.0. The van der Waals surface area contributed by atoms with Gasteiger partial charge >= 0.3 is 11.9 Å². The molecule has 0 atom stereocenters. The Balaban J connectivity index is 3.23. The Kier molecular flexibility index (Phi) is 41.0. The first-order valence-electron chi connectivity index (χ1n) is 21.4. The number of hydrogen-bond acceptors (Lipinski definition) is 6. The summed E-state index contributed by atoms with van der Waals surface area (Å²) in [6.07, 6.45) is 40.4. The fourth-order valence-electron chi connectivity index (χ4n) is 6.24. The van der Waals surface area contributed by atoms with Gasteiger partial charge in [-0.25, -0.2) is 0 Å². The van der Waals surface area contributed by atoms with E-state index in [4.69, 9.17) is 9.47 Å². The standard InChI is InChI=1S/C42H84N2O4/c1-3-5-7-9-11-13-15-17-19-21-23-25-27-31-39-47-41(45)33-37-43-35-29-30-36-44-38-34-42(46)48-40-32-28-26-24-22-20-18-16-14-12-10-8-6-4-2/h43-44H,3-40H2,1-2H3. The van der Waals surface area contributed by atoms with Crippen molar-refractivity contribution in [3.05, 3.63) is 0 Å². The van der Waals surface area contributed by atoms with E-state index < -0.39 is 0 Å². The maximum absolute atomic E-state index is 11.9. The quantitative estimate of drug-likeness (QED) is 0.0494. The third-order valence-corrected chi connectivity index (χ3v) is 9.49. The maximum Gasteiger partial charge on any atom is 0.307 e. The summed E-state index contributed by atoms with van der Waals surface area (Å²) in [5.74, 6) is -0.176. The Morgan fingerprint density at radius 2 is 0.583 bits per heavy atom. The van der Waals surface area contributed by atoms with Gasteiger partial charge in [-0.15, -0.1) is 0 Å². The van der Waals surface area contributed by atoms with Crippen LogP contribution >= 0.6 is 0 Å². The average molecular weight is 681 g/mol. The van der Waals surface area contributed by atoms with Crippen molar-refractivity contribution < 1.29 is 19.1 Å². The van der Waals surface area contributed by atoms with E-state index >= 15 is 0 Å². The zero-order valence-electron chi connectivity index (χ0n) is 32.5. The normalized spacial score (nSPS) is 11.3. The Morgan fingerprint density at radius 1 is 0.333 bits per heavy atom. The molecule has 0 unspecified atom stereocenters. The van der Waals surface area contributed by atoms with Crippen LogP contribution in [0.1, 0.15) is 219 Å². The highest BCUT2D eigenvalue weighted by Gasteiger charge is 2.04. The lowest BCUT2D eigenvalue weighted by Crippen LogP contribution is -2.23. The van der Waals surface area contributed by atoms with E-state index in [9.17, 15) is 9.59 Å². The number of ether oxygens (including phenoxy) is 2. The zero-order chi connectivity index (χ0) is 34.9. The minimum Gasteiger partial charge on any atom is -0.466 e. The summed E-state index contributed by atoms with van der Waals surface area (Å²) in [7, 11) is 0. The molecule has 0 saturated carbocycles. The van der Waals surface area contributed by atoms with Gasteiger partial charge < -0.3 is 20.1 Å². The molecule has 0 aromatic carbocycles. The van der Waals surface area contributed by atoms with Gasteiger partial charge in [0.05, 0.1) is 26.1 Å². The van der Waals surface area contributed by atoms with Crippen molar-refractivity contribution in [3.8, 4) is 0 Å². The molecular weight excluding hydrogens is 596 g/mol. The van der Waals surface area contributed by atoms with Gasteiger partial charge in [0.2, 0.25) is 0 Å². The van der Waals surface area contributed by atoms with Crippen molar-refractivity contribution in [1.29, 1.82) is 0 Å². The fourth-order valence-corrected chi connectivity index (χ4v) is 6.24. The number of unbranched alkanes of at least 4 members (excludes halogenated alkanes) is 27. The molecule has 0 saturated heterocycles. The van der Waals surface area contributed by atoms with Crippen molar-refractivity contribution in [2.75, 3.05) is 39.4 Å². The molecule has 6 heteroatoms. The monoisotopic (exact) mass is 681 g/mol. The van der Waals surface area contributed by atoms with E-state index in [1.165, 1.54) is 154 Å². The minimum atomic E-state index is -0.0879. The van der Waals surface area contributed by atoms with Gasteiger partial charge in [-0.2, -0.15) is 0 Å². The van der Waals surface area contributed by atoms with Gasteiger partial charge in [-0.1, -0.05) is 181 Å². The molecule has 0 rings (SSSR count). The van der Waals surface area contributed by atoms with Gasteiger partial charge in [0.15, 0.2) is 0 Å². The number of esters is 2. The Labute approximate surface area is 299 Å². The first kappa shape index (κ1) is 46.9. The summed E-state index contributed by atoms with van der Waals surface area (Å²) in [5, 5.41) is 6.68. The van der Waals surface area contributed by atoms with E-state index in [1.807, 2.05) is 0 Å². The second-order valence-electron chi connectivity index (χ2n) is 14.3. The summed E-state index contributed by atoms with van der Waals surface area (Å²) in [5.41, 5.74) is 0.